The lowest BCUT2D eigenvalue weighted by Gasteiger charge is -2.56. The summed E-state index contributed by atoms with van der Waals surface area (Å²) in [6.07, 6.45) is 9.13. The lowest BCUT2D eigenvalue weighted by atomic mass is 9.60. The molecular formula is C44H58ClN7O3. The highest BCUT2D eigenvalue weighted by Gasteiger charge is 2.48. The number of hydrogen-bond acceptors (Lipinski definition) is 9. The van der Waals surface area contributed by atoms with E-state index in [2.05, 4.69) is 51.7 Å². The van der Waals surface area contributed by atoms with E-state index in [1.165, 1.54) is 45.3 Å². The van der Waals surface area contributed by atoms with Gasteiger partial charge >= 0.3 is 6.09 Å². The first-order chi connectivity index (χ1) is 26.3. The minimum absolute atomic E-state index is 0.163. The molecule has 7 rings (SSSR count). The Morgan fingerprint density at radius 1 is 0.909 bits per heavy atom. The molecule has 0 radical (unpaired) electrons. The molecule has 1 saturated carbocycles. The summed E-state index contributed by atoms with van der Waals surface area (Å²) in [4.78, 5) is 31.6. The van der Waals surface area contributed by atoms with Gasteiger partial charge in [-0.3, -0.25) is 4.90 Å². The van der Waals surface area contributed by atoms with Gasteiger partial charge in [0.15, 0.2) is 0 Å². The van der Waals surface area contributed by atoms with Crippen molar-refractivity contribution in [2.75, 3.05) is 63.8 Å². The lowest BCUT2D eigenvalue weighted by Crippen LogP contribution is -2.59. The molecule has 55 heavy (non-hydrogen) atoms. The fraction of sp³-hybridized carbons (Fsp3) is 0.591. The number of amides is 1. The summed E-state index contributed by atoms with van der Waals surface area (Å²) in [6, 6.07) is 18.5. The number of ether oxygens (including phenoxy) is 2. The third kappa shape index (κ3) is 9.56. The number of benzene rings is 2. The van der Waals surface area contributed by atoms with Crippen molar-refractivity contribution in [2.45, 2.75) is 96.8 Å². The van der Waals surface area contributed by atoms with Crippen molar-refractivity contribution in [1.82, 2.24) is 24.7 Å². The summed E-state index contributed by atoms with van der Waals surface area (Å²) in [6.45, 7) is 19.6. The van der Waals surface area contributed by atoms with Gasteiger partial charge in [0.2, 0.25) is 5.95 Å². The van der Waals surface area contributed by atoms with Crippen LogP contribution >= 0.6 is 11.6 Å². The van der Waals surface area contributed by atoms with Gasteiger partial charge in [0.05, 0.1) is 17.3 Å². The Morgan fingerprint density at radius 3 is 2.25 bits per heavy atom. The quantitative estimate of drug-likeness (QED) is 0.215. The van der Waals surface area contributed by atoms with E-state index in [0.717, 1.165) is 80.6 Å². The number of rotatable bonds is 9. The normalized spacial score (nSPS) is 20.2. The summed E-state index contributed by atoms with van der Waals surface area (Å²) < 4.78 is 11.7. The smallest absolute Gasteiger partial charge is 0.410 e. The molecule has 4 fully saturated rings. The zero-order valence-corrected chi connectivity index (χ0v) is 34.2. The van der Waals surface area contributed by atoms with Gasteiger partial charge in [-0.1, -0.05) is 37.6 Å². The van der Waals surface area contributed by atoms with Crippen LogP contribution in [0.3, 0.4) is 0 Å². The number of halogens is 1. The number of aromatic nitrogens is 2. The Morgan fingerprint density at radius 2 is 1.60 bits per heavy atom. The van der Waals surface area contributed by atoms with E-state index in [9.17, 15) is 10.1 Å². The van der Waals surface area contributed by atoms with Gasteiger partial charge in [-0.15, -0.1) is 0 Å². The Balaban J connectivity index is 0.818. The van der Waals surface area contributed by atoms with E-state index in [0.29, 0.717) is 34.6 Å². The van der Waals surface area contributed by atoms with Crippen molar-refractivity contribution in [2.24, 2.45) is 11.3 Å². The van der Waals surface area contributed by atoms with Crippen molar-refractivity contribution < 1.29 is 14.3 Å². The van der Waals surface area contributed by atoms with Gasteiger partial charge in [0.25, 0.3) is 0 Å². The summed E-state index contributed by atoms with van der Waals surface area (Å²) in [7, 11) is 0. The van der Waals surface area contributed by atoms with Crippen LogP contribution in [0.25, 0.3) is 0 Å². The zero-order valence-electron chi connectivity index (χ0n) is 33.4. The maximum Gasteiger partial charge on any atom is 0.410 e. The van der Waals surface area contributed by atoms with Gasteiger partial charge in [-0.05, 0) is 131 Å². The molecule has 10 nitrogen and oxygen atoms in total. The fourth-order valence-electron chi connectivity index (χ4n) is 9.02. The maximum absolute atomic E-state index is 12.5. The number of carbonyl (C=O) groups excluding carboxylic acids is 1. The molecule has 0 bridgehead atoms. The number of piperazine rings is 1. The molecule has 294 valence electrons. The van der Waals surface area contributed by atoms with Crippen LogP contribution in [0.15, 0.2) is 54.7 Å². The Hall–Kier alpha value is -3.91. The molecule has 1 aliphatic carbocycles. The van der Waals surface area contributed by atoms with Gasteiger partial charge in [0, 0.05) is 68.5 Å². The van der Waals surface area contributed by atoms with E-state index in [-0.39, 0.29) is 11.5 Å². The van der Waals surface area contributed by atoms with E-state index < -0.39 is 5.60 Å². The van der Waals surface area contributed by atoms with Crippen molar-refractivity contribution in [1.29, 1.82) is 5.26 Å². The monoisotopic (exact) mass is 767 g/mol. The van der Waals surface area contributed by atoms with Crippen LogP contribution in [-0.2, 0) is 16.8 Å². The van der Waals surface area contributed by atoms with E-state index >= 15 is 0 Å². The maximum atomic E-state index is 12.5. The Labute approximate surface area is 332 Å². The number of nitrogens with zero attached hydrogens (tertiary/aromatic N) is 7. The van der Waals surface area contributed by atoms with Crippen molar-refractivity contribution >= 4 is 23.6 Å². The second kappa shape index (κ2) is 16.3. The molecule has 1 amide bonds. The largest absolute Gasteiger partial charge is 0.487 e. The van der Waals surface area contributed by atoms with Gasteiger partial charge < -0.3 is 24.2 Å². The van der Waals surface area contributed by atoms with Gasteiger partial charge in [-0.25, -0.2) is 14.8 Å². The summed E-state index contributed by atoms with van der Waals surface area (Å²) in [5, 5.41) is 9.97. The molecule has 3 aliphatic heterocycles. The molecule has 3 aromatic rings. The van der Waals surface area contributed by atoms with Crippen molar-refractivity contribution in [3.8, 4) is 11.8 Å². The standard InChI is InChI=1S/C44H58ClN7O3/c1-42(2,3)55-41(53)52-16-11-32(12-17-52)30-49-18-13-44(14-19-49)27-38(28-44)50-20-22-51(23-21-50)40-47-15-10-37(48-40)31-54-39-8-6-34(7-9-39)43(4,5)35-24-33(29-46)25-36(45)26-35/h6-10,15,24-26,32,38H,11-14,16-23,27-28,30-31H2,1-5H3. The lowest BCUT2D eigenvalue weighted by molar-refractivity contribution is -0.0475. The average Bonchev–Trinajstić information content (AvgIpc) is 3.16. The van der Waals surface area contributed by atoms with E-state index in [1.54, 1.807) is 6.07 Å². The fourth-order valence-corrected chi connectivity index (χ4v) is 9.25. The van der Waals surface area contributed by atoms with Crippen molar-refractivity contribution in [3.05, 3.63) is 82.1 Å². The molecule has 3 saturated heterocycles. The minimum atomic E-state index is -0.437. The van der Waals surface area contributed by atoms with E-state index in [1.807, 2.05) is 62.2 Å². The molecule has 4 heterocycles. The van der Waals surface area contributed by atoms with Gasteiger partial charge in [0.1, 0.15) is 18.0 Å². The van der Waals surface area contributed by atoms with E-state index in [4.69, 9.17) is 26.1 Å². The van der Waals surface area contributed by atoms with Crippen LogP contribution in [0.4, 0.5) is 10.7 Å². The molecular weight excluding hydrogens is 710 g/mol. The molecule has 11 heteroatoms. The first-order valence-electron chi connectivity index (χ1n) is 20.2. The second-order valence-corrected chi connectivity index (χ2v) is 18.4. The number of anilines is 1. The summed E-state index contributed by atoms with van der Waals surface area (Å²) in [5.41, 5.74) is 3.29. The molecule has 1 spiro atoms. The van der Waals surface area contributed by atoms with Crippen LogP contribution in [0, 0.1) is 22.7 Å². The Bertz CT molecular complexity index is 1820. The molecule has 0 unspecified atom stereocenters. The van der Waals surface area contributed by atoms with Crippen LogP contribution < -0.4 is 9.64 Å². The number of piperidine rings is 2. The number of nitriles is 1. The number of likely N-dealkylation sites (tertiary alicyclic amines) is 2. The predicted octanol–water partition coefficient (Wildman–Crippen LogP) is 7.92. The topological polar surface area (TPSA) is 98.1 Å². The average molecular weight is 768 g/mol. The number of carbonyl (C=O) groups is 1. The summed E-state index contributed by atoms with van der Waals surface area (Å²) >= 11 is 6.31. The highest BCUT2D eigenvalue weighted by Crippen LogP contribution is 2.51. The van der Waals surface area contributed by atoms with Crippen molar-refractivity contribution in [3.63, 3.8) is 0 Å². The van der Waals surface area contributed by atoms with Crippen LogP contribution in [-0.4, -0.2) is 101 Å². The third-order valence-corrected chi connectivity index (χ3v) is 12.8. The highest BCUT2D eigenvalue weighted by molar-refractivity contribution is 6.30. The first kappa shape index (κ1) is 39.3. The van der Waals surface area contributed by atoms with Gasteiger partial charge in [-0.2, -0.15) is 5.26 Å². The van der Waals surface area contributed by atoms with Crippen LogP contribution in [0.2, 0.25) is 5.02 Å². The zero-order chi connectivity index (χ0) is 38.8. The molecule has 0 N–H and O–H groups in total. The molecule has 0 atom stereocenters. The summed E-state index contributed by atoms with van der Waals surface area (Å²) in [5.74, 6) is 2.23. The predicted molar refractivity (Wildman–Crippen MR) is 217 cm³/mol. The molecule has 2 aromatic carbocycles. The minimum Gasteiger partial charge on any atom is -0.487 e. The highest BCUT2D eigenvalue weighted by atomic mass is 35.5. The van der Waals surface area contributed by atoms with Crippen LogP contribution in [0.1, 0.15) is 95.5 Å². The Kier molecular flexibility index (Phi) is 11.6. The van der Waals surface area contributed by atoms with Crippen LogP contribution in [0.5, 0.6) is 5.75 Å². The first-order valence-corrected chi connectivity index (χ1v) is 20.6. The number of hydrogen-bond donors (Lipinski definition) is 0. The molecule has 4 aliphatic rings. The third-order valence-electron chi connectivity index (χ3n) is 12.6. The molecule has 1 aromatic heterocycles. The SMILES string of the molecule is CC(C)(C)OC(=O)N1CCC(CN2CCC3(CC2)CC(N2CCN(c4nccc(COc5ccc(C(C)(C)c6cc(Cl)cc(C#N)c6)cc5)n4)CC2)C3)CC1. The second-order valence-electron chi connectivity index (χ2n) is 17.9.